The predicted octanol–water partition coefficient (Wildman–Crippen LogP) is 2.44. The van der Waals surface area contributed by atoms with Crippen LogP contribution < -0.4 is 20.6 Å². The van der Waals surface area contributed by atoms with E-state index in [1.165, 1.54) is 28.8 Å². The zero-order valence-corrected chi connectivity index (χ0v) is 20.6. The topological polar surface area (TPSA) is 69.7 Å². The maximum atomic E-state index is 12.4. The Kier molecular flexibility index (Phi) is 4.81. The zero-order valence-electron chi connectivity index (χ0n) is 17.9. The zero-order chi connectivity index (χ0) is 22.6. The van der Waals surface area contributed by atoms with Crippen molar-refractivity contribution in [2.24, 2.45) is 0 Å². The van der Waals surface area contributed by atoms with Crippen molar-refractivity contribution in [3.63, 3.8) is 0 Å². The average molecular weight is 506 g/mol. The van der Waals surface area contributed by atoms with Gasteiger partial charge in [0.25, 0.3) is 0 Å². The standard InChI is InChI=1S/C24H21N3O3SeSi/c1-26-23(29)16(22(28)25-24(26)30)14-15-12-13-21(31-15)27-17-8-4-6-10-19(17)32(2,3)20-11-7-5-9-18(20)27/h4-14H,1-3H3,(H,25,28,30)/b16-14+. The van der Waals surface area contributed by atoms with Crippen LogP contribution in [-0.4, -0.2) is 52.4 Å². The minimum absolute atomic E-state index is 0.0112. The number of anilines is 3. The Balaban J connectivity index is 1.60. The van der Waals surface area contributed by atoms with Crippen LogP contribution in [-0.2, 0) is 9.59 Å². The molecular formula is C24H21N3O3SeSi. The third kappa shape index (κ3) is 3.11. The van der Waals surface area contributed by atoms with E-state index in [1.807, 2.05) is 6.07 Å². The molecule has 2 aliphatic rings. The van der Waals surface area contributed by atoms with Gasteiger partial charge in [-0.05, 0) is 0 Å². The van der Waals surface area contributed by atoms with E-state index in [4.69, 9.17) is 0 Å². The number of urea groups is 1. The first-order chi connectivity index (χ1) is 15.3. The van der Waals surface area contributed by atoms with Crippen molar-refractivity contribution in [2.45, 2.75) is 13.1 Å². The minimum atomic E-state index is -1.84. The molecule has 1 saturated heterocycles. The molecule has 0 radical (unpaired) electrons. The number of rotatable bonds is 2. The fourth-order valence-electron chi connectivity index (χ4n) is 4.33. The van der Waals surface area contributed by atoms with Gasteiger partial charge in [0.05, 0.1) is 0 Å². The van der Waals surface area contributed by atoms with Gasteiger partial charge in [-0.1, -0.05) is 0 Å². The van der Waals surface area contributed by atoms with Crippen molar-refractivity contribution in [2.75, 3.05) is 11.9 Å². The van der Waals surface area contributed by atoms with Crippen molar-refractivity contribution >= 4 is 72.8 Å². The molecule has 0 saturated carbocycles. The van der Waals surface area contributed by atoms with E-state index in [2.05, 4.69) is 77.9 Å². The molecule has 3 heterocycles. The molecule has 0 unspecified atom stereocenters. The van der Waals surface area contributed by atoms with E-state index in [0.717, 1.165) is 13.9 Å². The number of benzene rings is 2. The summed E-state index contributed by atoms with van der Waals surface area (Å²) in [7, 11) is -0.471. The summed E-state index contributed by atoms with van der Waals surface area (Å²) in [6.07, 6.45) is 1.62. The van der Waals surface area contributed by atoms with Crippen molar-refractivity contribution < 1.29 is 14.4 Å². The molecule has 1 aromatic heterocycles. The number of barbiturate groups is 1. The summed E-state index contributed by atoms with van der Waals surface area (Å²) in [5, 5.41) is 4.99. The Morgan fingerprint density at radius 2 is 1.47 bits per heavy atom. The summed E-state index contributed by atoms with van der Waals surface area (Å²) in [4.78, 5) is 39.6. The molecule has 5 rings (SSSR count). The van der Waals surface area contributed by atoms with Crippen LogP contribution in [0.25, 0.3) is 6.08 Å². The second-order valence-electron chi connectivity index (χ2n) is 8.35. The Hall–Kier alpha value is -3.19. The van der Waals surface area contributed by atoms with E-state index >= 15 is 0 Å². The van der Waals surface area contributed by atoms with Crippen LogP contribution in [0.3, 0.4) is 0 Å². The van der Waals surface area contributed by atoms with Gasteiger partial charge in [0, 0.05) is 0 Å². The number of para-hydroxylation sites is 2. The first-order valence-corrected chi connectivity index (χ1v) is 14.9. The van der Waals surface area contributed by atoms with Crippen molar-refractivity contribution in [3.8, 4) is 0 Å². The second kappa shape index (κ2) is 7.44. The number of imide groups is 2. The van der Waals surface area contributed by atoms with E-state index in [-0.39, 0.29) is 20.1 Å². The number of likely N-dealkylation sites (N-methyl/N-ethyl adjacent to an activating group) is 1. The van der Waals surface area contributed by atoms with Crippen LogP contribution in [0.4, 0.5) is 20.7 Å². The second-order valence-corrected chi connectivity index (χ2v) is 15.0. The molecular weight excluding hydrogens is 485 g/mol. The van der Waals surface area contributed by atoms with Crippen molar-refractivity contribution in [1.82, 2.24) is 10.2 Å². The van der Waals surface area contributed by atoms with Gasteiger partial charge in [-0.15, -0.1) is 0 Å². The maximum absolute atomic E-state index is 12.4. The van der Waals surface area contributed by atoms with Crippen LogP contribution in [0.5, 0.6) is 0 Å². The van der Waals surface area contributed by atoms with Crippen molar-refractivity contribution in [1.29, 1.82) is 0 Å². The molecule has 1 fully saturated rings. The van der Waals surface area contributed by atoms with Crippen molar-refractivity contribution in [3.05, 3.63) is 70.7 Å². The third-order valence-corrected chi connectivity index (χ3v) is 11.7. The summed E-state index contributed by atoms with van der Waals surface area (Å²) >= 11 is -0.114. The van der Waals surface area contributed by atoms with Crippen LogP contribution in [0.2, 0.25) is 13.1 Å². The molecule has 0 aliphatic carbocycles. The number of nitrogens with one attached hydrogen (secondary N) is 1. The molecule has 32 heavy (non-hydrogen) atoms. The molecule has 8 heteroatoms. The number of hydrogen-bond donors (Lipinski definition) is 1. The first kappa shape index (κ1) is 20.7. The molecule has 0 bridgehead atoms. The Morgan fingerprint density at radius 1 is 0.875 bits per heavy atom. The van der Waals surface area contributed by atoms with Gasteiger partial charge in [-0.3, -0.25) is 0 Å². The Labute approximate surface area is 192 Å². The molecule has 6 nitrogen and oxygen atoms in total. The van der Waals surface area contributed by atoms with E-state index in [0.29, 0.717) is 0 Å². The predicted molar refractivity (Wildman–Crippen MR) is 129 cm³/mol. The van der Waals surface area contributed by atoms with Crippen LogP contribution in [0, 0.1) is 0 Å². The molecule has 0 spiro atoms. The van der Waals surface area contributed by atoms with Gasteiger partial charge in [0.15, 0.2) is 0 Å². The van der Waals surface area contributed by atoms with E-state index in [1.54, 1.807) is 6.08 Å². The van der Waals surface area contributed by atoms with Gasteiger partial charge in [-0.25, -0.2) is 0 Å². The summed E-state index contributed by atoms with van der Waals surface area (Å²) in [6, 6.07) is 20.5. The van der Waals surface area contributed by atoms with E-state index in [9.17, 15) is 14.4 Å². The number of hydrogen-bond acceptors (Lipinski definition) is 4. The summed E-state index contributed by atoms with van der Waals surface area (Å²) in [5.74, 6) is -1.23. The van der Waals surface area contributed by atoms with Crippen LogP contribution in [0.15, 0.2) is 66.2 Å². The van der Waals surface area contributed by atoms with Crippen LogP contribution in [0.1, 0.15) is 4.44 Å². The summed E-state index contributed by atoms with van der Waals surface area (Å²) < 4.78 is 2.05. The van der Waals surface area contributed by atoms with Crippen LogP contribution >= 0.6 is 0 Å². The molecule has 2 aliphatic heterocycles. The van der Waals surface area contributed by atoms with Gasteiger partial charge in [0.2, 0.25) is 0 Å². The number of amides is 4. The van der Waals surface area contributed by atoms with Gasteiger partial charge in [0.1, 0.15) is 0 Å². The summed E-state index contributed by atoms with van der Waals surface area (Å²) in [6.45, 7) is 4.77. The fraction of sp³-hybridized carbons (Fsp3) is 0.125. The Bertz CT molecular complexity index is 1280. The number of carbonyl (C=O) groups excluding carboxylic acids is 3. The molecule has 4 amide bonds. The SMILES string of the molecule is CN1C(=O)NC(=O)/C(=C\c2ccc(N3c4ccccc4[Si](C)(C)c4ccccc43)[se]2)C1=O. The van der Waals surface area contributed by atoms with Gasteiger partial charge >= 0.3 is 193 Å². The normalized spacial score (nSPS) is 18.5. The van der Waals surface area contributed by atoms with E-state index < -0.39 is 25.9 Å². The molecule has 2 aromatic carbocycles. The summed E-state index contributed by atoms with van der Waals surface area (Å²) in [5.41, 5.74) is 2.40. The quantitative estimate of drug-likeness (QED) is 0.330. The Morgan fingerprint density at radius 3 is 2.09 bits per heavy atom. The first-order valence-electron chi connectivity index (χ1n) is 10.2. The molecule has 1 N–H and O–H groups in total. The fourth-order valence-corrected chi connectivity index (χ4v) is 9.37. The molecule has 0 atom stereocenters. The number of carbonyl (C=O) groups is 3. The number of fused-ring (bicyclic) bond motifs is 2. The monoisotopic (exact) mass is 507 g/mol. The molecule has 160 valence electrons. The van der Waals surface area contributed by atoms with Gasteiger partial charge in [-0.2, -0.15) is 0 Å². The van der Waals surface area contributed by atoms with Gasteiger partial charge < -0.3 is 0 Å². The third-order valence-electron chi connectivity index (χ3n) is 6.06. The molecule has 3 aromatic rings. The number of nitrogens with zero attached hydrogens (tertiary/aromatic N) is 2. The average Bonchev–Trinajstić information content (AvgIpc) is 3.24.